The number of carbonyl (C=O) groups excluding carboxylic acids is 2. The van der Waals surface area contributed by atoms with Gasteiger partial charge in [0.15, 0.2) is 5.75 Å². The maximum Gasteiger partial charge on any atom is 0.259 e. The van der Waals surface area contributed by atoms with E-state index in [2.05, 4.69) is 0 Å². The summed E-state index contributed by atoms with van der Waals surface area (Å²) in [6, 6.07) is 3.19. The number of piperidine rings is 1. The Hall–Kier alpha value is -1.26. The number of ether oxygens (including phenoxy) is 1. The van der Waals surface area contributed by atoms with Crippen LogP contribution in [0.3, 0.4) is 0 Å². The van der Waals surface area contributed by atoms with Crippen molar-refractivity contribution in [1.29, 1.82) is 0 Å². The quantitative estimate of drug-likeness (QED) is 0.834. The normalized spacial score (nSPS) is 15.7. The summed E-state index contributed by atoms with van der Waals surface area (Å²) in [5.74, 6) is 0.425. The molecule has 1 aliphatic rings. The number of rotatable bonds is 4. The van der Waals surface area contributed by atoms with Gasteiger partial charge in [0.2, 0.25) is 0 Å². The lowest BCUT2D eigenvalue weighted by Crippen LogP contribution is -2.40. The minimum Gasteiger partial charge on any atom is -0.494 e. The van der Waals surface area contributed by atoms with Crippen molar-refractivity contribution in [3.8, 4) is 5.75 Å². The van der Waals surface area contributed by atoms with Crippen molar-refractivity contribution < 1.29 is 14.3 Å². The van der Waals surface area contributed by atoms with Crippen LogP contribution in [0, 0.1) is 5.92 Å². The molecule has 1 fully saturated rings. The summed E-state index contributed by atoms with van der Waals surface area (Å²) in [6.45, 7) is 2.96. The molecule has 1 heterocycles. The molecule has 1 aromatic carbocycles. The van der Waals surface area contributed by atoms with Crippen LogP contribution < -0.4 is 4.74 Å². The highest BCUT2D eigenvalue weighted by atomic mass is 35.5. The Balaban J connectivity index is 2.17. The van der Waals surface area contributed by atoms with E-state index in [1.807, 2.05) is 6.92 Å². The SMILES string of the molecule is CCC(=O)C1CCN(C(=O)c2c(Cl)ccc(Cl)c2OC)CC1. The van der Waals surface area contributed by atoms with E-state index in [1.165, 1.54) is 7.11 Å². The maximum absolute atomic E-state index is 12.7. The summed E-state index contributed by atoms with van der Waals surface area (Å²) in [5, 5.41) is 0.671. The summed E-state index contributed by atoms with van der Waals surface area (Å²) >= 11 is 12.2. The molecule has 0 spiro atoms. The largest absolute Gasteiger partial charge is 0.494 e. The maximum atomic E-state index is 12.7. The number of carbonyl (C=O) groups is 2. The fourth-order valence-electron chi connectivity index (χ4n) is 2.78. The Bertz CT molecular complexity index is 581. The smallest absolute Gasteiger partial charge is 0.259 e. The first-order chi connectivity index (χ1) is 10.5. The molecule has 0 radical (unpaired) electrons. The molecule has 1 saturated heterocycles. The third kappa shape index (κ3) is 3.39. The van der Waals surface area contributed by atoms with Crippen LogP contribution in [0.2, 0.25) is 10.0 Å². The molecular formula is C16H19Cl2NO3. The Morgan fingerprint density at radius 3 is 2.36 bits per heavy atom. The zero-order valence-corrected chi connectivity index (χ0v) is 14.2. The average molecular weight is 344 g/mol. The molecule has 0 saturated carbocycles. The van der Waals surface area contributed by atoms with Crippen molar-refractivity contribution in [2.45, 2.75) is 26.2 Å². The molecule has 1 aromatic rings. The topological polar surface area (TPSA) is 46.6 Å². The van der Waals surface area contributed by atoms with E-state index in [0.717, 1.165) is 0 Å². The number of nitrogens with zero attached hydrogens (tertiary/aromatic N) is 1. The van der Waals surface area contributed by atoms with E-state index in [0.29, 0.717) is 48.1 Å². The number of amides is 1. The molecule has 1 aliphatic heterocycles. The fourth-order valence-corrected chi connectivity index (χ4v) is 3.25. The molecule has 0 bridgehead atoms. The fraction of sp³-hybridized carbons (Fsp3) is 0.500. The highest BCUT2D eigenvalue weighted by Gasteiger charge is 2.29. The van der Waals surface area contributed by atoms with Crippen molar-refractivity contribution in [3.05, 3.63) is 27.7 Å². The van der Waals surface area contributed by atoms with Gasteiger partial charge in [-0.25, -0.2) is 0 Å². The van der Waals surface area contributed by atoms with E-state index < -0.39 is 0 Å². The van der Waals surface area contributed by atoms with E-state index in [4.69, 9.17) is 27.9 Å². The van der Waals surface area contributed by atoms with Crippen LogP contribution in [-0.2, 0) is 4.79 Å². The van der Waals surface area contributed by atoms with E-state index in [1.54, 1.807) is 17.0 Å². The Labute approximate surface area is 140 Å². The lowest BCUT2D eigenvalue weighted by atomic mass is 9.91. The second kappa shape index (κ2) is 7.34. The molecule has 6 heteroatoms. The predicted molar refractivity (Wildman–Crippen MR) is 86.9 cm³/mol. The van der Waals surface area contributed by atoms with Gasteiger partial charge in [-0.15, -0.1) is 0 Å². The minimum absolute atomic E-state index is 0.0609. The standard InChI is InChI=1S/C16H19Cl2NO3/c1-3-13(20)10-6-8-19(9-7-10)16(21)14-11(17)4-5-12(18)15(14)22-2/h4-5,10H,3,6-9H2,1-2H3. The van der Waals surface area contributed by atoms with Crippen LogP contribution in [0.5, 0.6) is 5.75 Å². The number of benzene rings is 1. The van der Waals surface area contributed by atoms with Crippen molar-refractivity contribution in [2.24, 2.45) is 5.92 Å². The van der Waals surface area contributed by atoms with Crippen LogP contribution in [0.15, 0.2) is 12.1 Å². The Morgan fingerprint density at radius 2 is 1.82 bits per heavy atom. The highest BCUT2D eigenvalue weighted by Crippen LogP contribution is 2.35. The summed E-state index contributed by atoms with van der Waals surface area (Å²) < 4.78 is 5.23. The molecule has 120 valence electrons. The van der Waals surface area contributed by atoms with Crippen molar-refractivity contribution >= 4 is 34.9 Å². The molecule has 22 heavy (non-hydrogen) atoms. The van der Waals surface area contributed by atoms with Crippen molar-refractivity contribution in [2.75, 3.05) is 20.2 Å². The van der Waals surface area contributed by atoms with Gasteiger partial charge in [-0.05, 0) is 25.0 Å². The van der Waals surface area contributed by atoms with Crippen molar-refractivity contribution in [3.63, 3.8) is 0 Å². The van der Waals surface area contributed by atoms with Crippen LogP contribution in [-0.4, -0.2) is 36.8 Å². The zero-order chi connectivity index (χ0) is 16.3. The summed E-state index contributed by atoms with van der Waals surface area (Å²) in [4.78, 5) is 26.2. The number of hydrogen-bond acceptors (Lipinski definition) is 3. The molecule has 0 aliphatic carbocycles. The lowest BCUT2D eigenvalue weighted by molar-refractivity contribution is -0.123. The van der Waals surface area contributed by atoms with Gasteiger partial charge in [-0.3, -0.25) is 9.59 Å². The third-order valence-corrected chi connectivity index (χ3v) is 4.68. The molecule has 0 aromatic heterocycles. The molecular weight excluding hydrogens is 325 g/mol. The van der Waals surface area contributed by atoms with Crippen LogP contribution in [0.4, 0.5) is 0 Å². The monoisotopic (exact) mass is 343 g/mol. The Morgan fingerprint density at radius 1 is 1.23 bits per heavy atom. The van der Waals surface area contributed by atoms with E-state index in [9.17, 15) is 9.59 Å². The molecule has 1 amide bonds. The number of halogens is 2. The van der Waals surface area contributed by atoms with Crippen LogP contribution in [0.25, 0.3) is 0 Å². The average Bonchev–Trinajstić information content (AvgIpc) is 2.55. The van der Waals surface area contributed by atoms with Gasteiger partial charge < -0.3 is 9.64 Å². The number of Topliss-reactive ketones (excluding diaryl/α,β-unsaturated/α-hetero) is 1. The van der Waals surface area contributed by atoms with Gasteiger partial charge in [0.25, 0.3) is 5.91 Å². The second-order valence-corrected chi connectivity index (χ2v) is 6.14. The number of likely N-dealkylation sites (tertiary alicyclic amines) is 1. The molecule has 4 nitrogen and oxygen atoms in total. The molecule has 0 N–H and O–H groups in total. The summed E-state index contributed by atoms with van der Waals surface area (Å²) in [6.07, 6.45) is 1.93. The van der Waals surface area contributed by atoms with E-state index >= 15 is 0 Å². The summed E-state index contributed by atoms with van der Waals surface area (Å²) in [7, 11) is 1.46. The van der Waals surface area contributed by atoms with Crippen molar-refractivity contribution in [1.82, 2.24) is 4.90 Å². The van der Waals surface area contributed by atoms with Gasteiger partial charge in [-0.2, -0.15) is 0 Å². The minimum atomic E-state index is -0.202. The number of methoxy groups -OCH3 is 1. The third-order valence-electron chi connectivity index (χ3n) is 4.06. The summed E-state index contributed by atoms with van der Waals surface area (Å²) in [5.41, 5.74) is 0.289. The lowest BCUT2D eigenvalue weighted by Gasteiger charge is -2.31. The predicted octanol–water partition coefficient (Wildman–Crippen LogP) is 3.83. The van der Waals surface area contributed by atoms with Gasteiger partial charge in [0, 0.05) is 25.4 Å². The van der Waals surface area contributed by atoms with Gasteiger partial charge in [0.05, 0.1) is 17.2 Å². The molecule has 0 atom stereocenters. The van der Waals surface area contributed by atoms with E-state index in [-0.39, 0.29) is 23.2 Å². The zero-order valence-electron chi connectivity index (χ0n) is 12.7. The Kier molecular flexibility index (Phi) is 5.70. The first kappa shape index (κ1) is 17.1. The first-order valence-electron chi connectivity index (χ1n) is 7.33. The van der Waals surface area contributed by atoms with Gasteiger partial charge in [-0.1, -0.05) is 30.1 Å². The number of hydrogen-bond donors (Lipinski definition) is 0. The van der Waals surface area contributed by atoms with Crippen LogP contribution in [0.1, 0.15) is 36.5 Å². The highest BCUT2D eigenvalue weighted by molar-refractivity contribution is 6.37. The molecule has 2 rings (SSSR count). The first-order valence-corrected chi connectivity index (χ1v) is 8.09. The van der Waals surface area contributed by atoms with Gasteiger partial charge in [0.1, 0.15) is 11.3 Å². The number of ketones is 1. The molecule has 0 unspecified atom stereocenters. The van der Waals surface area contributed by atoms with Gasteiger partial charge >= 0.3 is 0 Å². The second-order valence-electron chi connectivity index (χ2n) is 5.32. The van der Waals surface area contributed by atoms with Crippen LogP contribution >= 0.6 is 23.2 Å².